The molecule has 1 aromatic rings. The molecule has 16 heavy (non-hydrogen) atoms. The van der Waals surface area contributed by atoms with Gasteiger partial charge in [-0.3, -0.25) is 4.79 Å². The number of amides is 1. The quantitative estimate of drug-likeness (QED) is 0.769. The van der Waals surface area contributed by atoms with Crippen molar-refractivity contribution in [3.05, 3.63) is 23.7 Å². The van der Waals surface area contributed by atoms with Crippen molar-refractivity contribution in [3.63, 3.8) is 0 Å². The van der Waals surface area contributed by atoms with Gasteiger partial charge in [0.2, 0.25) is 0 Å². The molecule has 3 nitrogen and oxygen atoms in total. The van der Waals surface area contributed by atoms with Crippen molar-refractivity contribution in [1.29, 1.82) is 0 Å². The molecule has 1 saturated heterocycles. The minimum absolute atomic E-state index is 0.0552. The molecule has 1 amide bonds. The summed E-state index contributed by atoms with van der Waals surface area (Å²) in [5.74, 6) is 0.539. The number of aryl methyl sites for hydroxylation is 1. The van der Waals surface area contributed by atoms with Crippen LogP contribution in [0.15, 0.2) is 16.7 Å². The van der Waals surface area contributed by atoms with Crippen LogP contribution in [0.3, 0.4) is 0 Å². The van der Waals surface area contributed by atoms with Gasteiger partial charge in [0.25, 0.3) is 5.91 Å². The average Bonchev–Trinajstić information content (AvgIpc) is 2.75. The Kier molecular flexibility index (Phi) is 3.32. The molecule has 2 heterocycles. The van der Waals surface area contributed by atoms with E-state index < -0.39 is 0 Å². The number of likely N-dealkylation sites (tertiary alicyclic amines) is 1. The molecular formula is C13H19NO2. The highest BCUT2D eigenvalue weighted by Gasteiger charge is 2.27. The largest absolute Gasteiger partial charge is 0.459 e. The lowest BCUT2D eigenvalue weighted by molar-refractivity contribution is 0.0575. The molecule has 0 aliphatic carbocycles. The Hall–Kier alpha value is -1.25. The summed E-state index contributed by atoms with van der Waals surface area (Å²) in [4.78, 5) is 14.2. The lowest BCUT2D eigenvalue weighted by atomic mass is 10.00. The molecular weight excluding hydrogens is 202 g/mol. The zero-order valence-corrected chi connectivity index (χ0v) is 10.0. The third-order valence-electron chi connectivity index (χ3n) is 3.30. The van der Waals surface area contributed by atoms with E-state index >= 15 is 0 Å². The Morgan fingerprint density at radius 2 is 2.38 bits per heavy atom. The van der Waals surface area contributed by atoms with E-state index in [1.165, 1.54) is 6.42 Å². The number of rotatable bonds is 2. The molecule has 88 valence electrons. The zero-order chi connectivity index (χ0) is 11.5. The summed E-state index contributed by atoms with van der Waals surface area (Å²) in [6, 6.07) is 2.22. The Balaban J connectivity index is 2.13. The van der Waals surface area contributed by atoms with Crippen LogP contribution in [0.1, 0.15) is 48.7 Å². The Morgan fingerprint density at radius 1 is 1.56 bits per heavy atom. The van der Waals surface area contributed by atoms with Gasteiger partial charge in [-0.15, -0.1) is 0 Å². The van der Waals surface area contributed by atoms with Gasteiger partial charge in [-0.2, -0.15) is 0 Å². The van der Waals surface area contributed by atoms with Gasteiger partial charge >= 0.3 is 0 Å². The van der Waals surface area contributed by atoms with Crippen molar-refractivity contribution in [1.82, 2.24) is 4.90 Å². The molecule has 2 rings (SSSR count). The van der Waals surface area contributed by atoms with Gasteiger partial charge in [-0.1, -0.05) is 6.92 Å². The van der Waals surface area contributed by atoms with Crippen molar-refractivity contribution >= 4 is 5.91 Å². The predicted octanol–water partition coefficient (Wildman–Crippen LogP) is 2.99. The normalized spacial score (nSPS) is 21.1. The maximum Gasteiger partial charge on any atom is 0.289 e. The van der Waals surface area contributed by atoms with Crippen LogP contribution in [0, 0.1) is 6.92 Å². The van der Waals surface area contributed by atoms with Crippen molar-refractivity contribution in [3.8, 4) is 0 Å². The van der Waals surface area contributed by atoms with E-state index in [0.29, 0.717) is 11.8 Å². The van der Waals surface area contributed by atoms with Crippen LogP contribution in [0.4, 0.5) is 0 Å². The van der Waals surface area contributed by atoms with Gasteiger partial charge in [0.1, 0.15) is 0 Å². The summed E-state index contributed by atoms with van der Waals surface area (Å²) in [5.41, 5.74) is 1.01. The standard InChI is InChI=1S/C13H19NO2/c1-3-11-6-4-5-7-14(11)13(15)12-8-10(2)9-16-12/h8-9,11H,3-7H2,1-2H3. The molecule has 1 fully saturated rings. The molecule has 1 unspecified atom stereocenters. The Morgan fingerprint density at radius 3 is 3.00 bits per heavy atom. The number of carbonyl (C=O) groups is 1. The first-order valence-electron chi connectivity index (χ1n) is 6.08. The zero-order valence-electron chi connectivity index (χ0n) is 10.0. The topological polar surface area (TPSA) is 33.5 Å². The minimum Gasteiger partial charge on any atom is -0.459 e. The smallest absolute Gasteiger partial charge is 0.289 e. The van der Waals surface area contributed by atoms with Gasteiger partial charge < -0.3 is 9.32 Å². The maximum atomic E-state index is 12.2. The first kappa shape index (κ1) is 11.2. The number of furan rings is 1. The number of hydrogen-bond donors (Lipinski definition) is 0. The van der Waals surface area contributed by atoms with Gasteiger partial charge in [-0.25, -0.2) is 0 Å². The first-order chi connectivity index (χ1) is 7.72. The lowest BCUT2D eigenvalue weighted by Gasteiger charge is -2.34. The highest BCUT2D eigenvalue weighted by atomic mass is 16.3. The summed E-state index contributed by atoms with van der Waals surface area (Å²) in [5, 5.41) is 0. The number of carbonyl (C=O) groups excluding carboxylic acids is 1. The van der Waals surface area contributed by atoms with Crippen molar-refractivity contribution in [2.75, 3.05) is 6.54 Å². The van der Waals surface area contributed by atoms with Gasteiger partial charge in [-0.05, 0) is 44.2 Å². The van der Waals surface area contributed by atoms with Crippen LogP contribution in [0.5, 0.6) is 0 Å². The van der Waals surface area contributed by atoms with Crippen LogP contribution in [-0.4, -0.2) is 23.4 Å². The predicted molar refractivity (Wildman–Crippen MR) is 62.4 cm³/mol. The Bertz CT molecular complexity index is 370. The molecule has 0 bridgehead atoms. The third kappa shape index (κ3) is 2.13. The van der Waals surface area contributed by atoms with Crippen LogP contribution < -0.4 is 0 Å². The summed E-state index contributed by atoms with van der Waals surface area (Å²) < 4.78 is 5.28. The molecule has 0 aromatic carbocycles. The monoisotopic (exact) mass is 221 g/mol. The molecule has 3 heteroatoms. The second-order valence-corrected chi connectivity index (χ2v) is 4.54. The van der Waals surface area contributed by atoms with E-state index in [-0.39, 0.29) is 5.91 Å². The second kappa shape index (κ2) is 4.73. The van der Waals surface area contributed by atoms with E-state index in [4.69, 9.17) is 4.42 Å². The number of hydrogen-bond acceptors (Lipinski definition) is 2. The number of nitrogens with zero attached hydrogens (tertiary/aromatic N) is 1. The Labute approximate surface area is 96.4 Å². The van der Waals surface area contributed by atoms with E-state index in [2.05, 4.69) is 6.92 Å². The summed E-state index contributed by atoms with van der Waals surface area (Å²) in [6.45, 7) is 4.95. The highest BCUT2D eigenvalue weighted by molar-refractivity contribution is 5.92. The van der Waals surface area contributed by atoms with Crippen LogP contribution in [0.25, 0.3) is 0 Å². The van der Waals surface area contributed by atoms with E-state index in [1.807, 2.05) is 17.9 Å². The summed E-state index contributed by atoms with van der Waals surface area (Å²) in [6.07, 6.45) is 6.15. The minimum atomic E-state index is 0.0552. The fourth-order valence-electron chi connectivity index (χ4n) is 2.38. The summed E-state index contributed by atoms with van der Waals surface area (Å²) >= 11 is 0. The lowest BCUT2D eigenvalue weighted by Crippen LogP contribution is -2.43. The average molecular weight is 221 g/mol. The molecule has 1 aromatic heterocycles. The molecule has 1 atom stereocenters. The maximum absolute atomic E-state index is 12.2. The van der Waals surface area contributed by atoms with E-state index in [9.17, 15) is 4.79 Å². The van der Waals surface area contributed by atoms with Crippen LogP contribution >= 0.6 is 0 Å². The van der Waals surface area contributed by atoms with E-state index in [1.54, 1.807) is 6.26 Å². The van der Waals surface area contributed by atoms with Gasteiger partial charge in [0.15, 0.2) is 5.76 Å². The molecule has 0 spiro atoms. The van der Waals surface area contributed by atoms with Crippen molar-refractivity contribution < 1.29 is 9.21 Å². The fourth-order valence-corrected chi connectivity index (χ4v) is 2.38. The van der Waals surface area contributed by atoms with Crippen LogP contribution in [0.2, 0.25) is 0 Å². The first-order valence-corrected chi connectivity index (χ1v) is 6.08. The molecule has 0 N–H and O–H groups in total. The summed E-state index contributed by atoms with van der Waals surface area (Å²) in [7, 11) is 0. The van der Waals surface area contributed by atoms with E-state index in [0.717, 1.165) is 31.4 Å². The highest BCUT2D eigenvalue weighted by Crippen LogP contribution is 2.22. The van der Waals surface area contributed by atoms with Gasteiger partial charge in [0, 0.05) is 12.6 Å². The number of piperidine rings is 1. The molecule has 0 saturated carbocycles. The van der Waals surface area contributed by atoms with Crippen molar-refractivity contribution in [2.45, 2.75) is 45.6 Å². The fraction of sp³-hybridized carbons (Fsp3) is 0.615. The molecule has 1 aliphatic rings. The second-order valence-electron chi connectivity index (χ2n) is 4.54. The van der Waals surface area contributed by atoms with Crippen molar-refractivity contribution in [2.24, 2.45) is 0 Å². The molecule has 1 aliphatic heterocycles. The third-order valence-corrected chi connectivity index (χ3v) is 3.30. The molecule has 0 radical (unpaired) electrons. The SMILES string of the molecule is CCC1CCCCN1C(=O)c1cc(C)co1. The van der Waals surface area contributed by atoms with Crippen LogP contribution in [-0.2, 0) is 0 Å². The van der Waals surface area contributed by atoms with Gasteiger partial charge in [0.05, 0.1) is 6.26 Å².